The molecule has 0 spiro atoms. The van der Waals surface area contributed by atoms with Gasteiger partial charge in [-0.3, -0.25) is 0 Å². The Balaban J connectivity index is 3.37. The lowest BCUT2D eigenvalue weighted by Gasteiger charge is -2.11. The van der Waals surface area contributed by atoms with Gasteiger partial charge >= 0.3 is 12.1 Å². The molecule has 1 rings (SSSR count). The van der Waals surface area contributed by atoms with E-state index in [0.717, 1.165) is 19.4 Å². The molecule has 0 aliphatic heterocycles. The van der Waals surface area contributed by atoms with Gasteiger partial charge < -0.3 is 9.94 Å². The number of rotatable bonds is 2. The van der Waals surface area contributed by atoms with Crippen molar-refractivity contribution in [1.29, 1.82) is 0 Å². The molecule has 0 aromatic heterocycles. The fourth-order valence-corrected chi connectivity index (χ4v) is 1.23. The van der Waals surface area contributed by atoms with E-state index in [2.05, 4.69) is 9.89 Å². The molecule has 0 aliphatic carbocycles. The van der Waals surface area contributed by atoms with E-state index in [1.54, 1.807) is 0 Å². The second-order valence-electron chi connectivity index (χ2n) is 3.04. The van der Waals surface area contributed by atoms with Crippen LogP contribution in [0.2, 0.25) is 0 Å². The summed E-state index contributed by atoms with van der Waals surface area (Å²) in [7, 11) is 0.992. The largest absolute Gasteiger partial charge is 0.465 e. The van der Waals surface area contributed by atoms with Gasteiger partial charge in [0.05, 0.1) is 24.5 Å². The van der Waals surface area contributed by atoms with Gasteiger partial charge in [0.2, 0.25) is 0 Å². The number of carbonyl (C=O) groups is 1. The zero-order chi connectivity index (χ0) is 13.1. The van der Waals surface area contributed by atoms with Gasteiger partial charge in [-0.25, -0.2) is 4.79 Å². The predicted molar refractivity (Wildman–Crippen MR) is 52.2 cm³/mol. The quantitative estimate of drug-likeness (QED) is 0.377. The summed E-state index contributed by atoms with van der Waals surface area (Å²) in [6, 6.07) is 2.87. The van der Waals surface area contributed by atoms with Gasteiger partial charge in [0.15, 0.2) is 0 Å². The summed E-state index contributed by atoms with van der Waals surface area (Å²) < 4.78 is 42.2. The first-order chi connectivity index (χ1) is 7.90. The van der Waals surface area contributed by atoms with Gasteiger partial charge in [-0.2, -0.15) is 13.2 Å². The number of halogens is 3. The zero-order valence-electron chi connectivity index (χ0n) is 8.65. The van der Waals surface area contributed by atoms with Gasteiger partial charge in [-0.15, -0.1) is 0 Å². The lowest BCUT2D eigenvalue weighted by atomic mass is 10.0. The molecular formula is C10H8F3NO3. The van der Waals surface area contributed by atoms with Gasteiger partial charge in [0.25, 0.3) is 0 Å². The number of ether oxygens (including phenoxy) is 1. The minimum atomic E-state index is -4.69. The van der Waals surface area contributed by atoms with Crippen LogP contribution in [-0.2, 0) is 10.9 Å². The minimum Gasteiger partial charge on any atom is -0.465 e. The van der Waals surface area contributed by atoms with Crippen molar-refractivity contribution >= 4 is 12.2 Å². The van der Waals surface area contributed by atoms with Crippen molar-refractivity contribution in [3.63, 3.8) is 0 Å². The molecule has 0 atom stereocenters. The van der Waals surface area contributed by atoms with Crippen LogP contribution >= 0.6 is 0 Å². The molecular weight excluding hydrogens is 239 g/mol. The van der Waals surface area contributed by atoms with Crippen molar-refractivity contribution in [3.05, 3.63) is 34.9 Å². The molecule has 0 bridgehead atoms. The lowest BCUT2D eigenvalue weighted by molar-refractivity contribution is -0.138. The maximum atomic E-state index is 12.7. The van der Waals surface area contributed by atoms with Crippen molar-refractivity contribution in [2.45, 2.75) is 6.18 Å². The number of carbonyl (C=O) groups excluding carboxylic acids is 1. The number of methoxy groups -OCH3 is 1. The number of hydrogen-bond donors (Lipinski definition) is 1. The SMILES string of the molecule is COC(=O)c1ccc(/C=N/O)cc1C(F)(F)F. The molecule has 1 N–H and O–H groups in total. The number of alkyl halides is 3. The number of hydrogen-bond acceptors (Lipinski definition) is 4. The molecule has 1 aromatic rings. The molecule has 0 saturated carbocycles. The van der Waals surface area contributed by atoms with Crippen LogP contribution in [0.3, 0.4) is 0 Å². The Morgan fingerprint density at radius 3 is 2.59 bits per heavy atom. The lowest BCUT2D eigenvalue weighted by Crippen LogP contribution is -2.14. The van der Waals surface area contributed by atoms with Crippen LogP contribution in [0.4, 0.5) is 13.2 Å². The average molecular weight is 247 g/mol. The van der Waals surface area contributed by atoms with E-state index in [4.69, 9.17) is 5.21 Å². The highest BCUT2D eigenvalue weighted by atomic mass is 19.4. The molecule has 4 nitrogen and oxygen atoms in total. The number of esters is 1. The van der Waals surface area contributed by atoms with Gasteiger partial charge in [0.1, 0.15) is 0 Å². The summed E-state index contributed by atoms with van der Waals surface area (Å²) in [4.78, 5) is 11.1. The Morgan fingerprint density at radius 2 is 2.12 bits per heavy atom. The normalized spacial score (nSPS) is 11.8. The molecule has 0 heterocycles. The van der Waals surface area contributed by atoms with Crippen LogP contribution in [0.1, 0.15) is 21.5 Å². The van der Waals surface area contributed by atoms with Crippen LogP contribution in [-0.4, -0.2) is 24.5 Å². The molecule has 92 valence electrons. The second-order valence-corrected chi connectivity index (χ2v) is 3.04. The van der Waals surface area contributed by atoms with E-state index in [1.165, 1.54) is 6.07 Å². The van der Waals surface area contributed by atoms with Crippen LogP contribution < -0.4 is 0 Å². The third kappa shape index (κ3) is 2.96. The topological polar surface area (TPSA) is 58.9 Å². The predicted octanol–water partition coefficient (Wildman–Crippen LogP) is 2.30. The smallest absolute Gasteiger partial charge is 0.417 e. The van der Waals surface area contributed by atoms with Crippen molar-refractivity contribution in [3.8, 4) is 0 Å². The molecule has 0 amide bonds. The summed E-state index contributed by atoms with van der Waals surface area (Å²) in [5.41, 5.74) is -1.70. The summed E-state index contributed by atoms with van der Waals surface area (Å²) in [5, 5.41) is 10.8. The fraction of sp³-hybridized carbons (Fsp3) is 0.200. The number of benzene rings is 1. The summed E-state index contributed by atoms with van der Waals surface area (Å²) in [5.74, 6) is -1.08. The van der Waals surface area contributed by atoms with Crippen LogP contribution in [0.5, 0.6) is 0 Å². The van der Waals surface area contributed by atoms with E-state index in [0.29, 0.717) is 6.07 Å². The van der Waals surface area contributed by atoms with E-state index in [1.807, 2.05) is 0 Å². The van der Waals surface area contributed by atoms with Crippen molar-refractivity contribution in [2.24, 2.45) is 5.16 Å². The third-order valence-electron chi connectivity index (χ3n) is 1.96. The maximum absolute atomic E-state index is 12.7. The van der Waals surface area contributed by atoms with Crippen LogP contribution in [0, 0.1) is 0 Å². The second kappa shape index (κ2) is 4.86. The molecule has 0 unspecified atom stereocenters. The van der Waals surface area contributed by atoms with E-state index < -0.39 is 23.3 Å². The standard InChI is InChI=1S/C10H8F3NO3/c1-17-9(15)7-3-2-6(5-14-16)4-8(7)10(11,12)13/h2-5,16H,1H3/b14-5+. The Kier molecular flexibility index (Phi) is 3.72. The molecule has 17 heavy (non-hydrogen) atoms. The summed E-state index contributed by atoms with van der Waals surface area (Å²) in [6.07, 6.45) is -3.86. The first-order valence-corrected chi connectivity index (χ1v) is 4.37. The zero-order valence-corrected chi connectivity index (χ0v) is 8.65. The molecule has 0 aliphatic rings. The minimum absolute atomic E-state index is 0.0208. The molecule has 0 radical (unpaired) electrons. The number of oxime groups is 1. The Labute approximate surface area is 94.3 Å². The number of nitrogens with zero attached hydrogens (tertiary/aromatic N) is 1. The first kappa shape index (κ1) is 13.0. The first-order valence-electron chi connectivity index (χ1n) is 4.37. The van der Waals surface area contributed by atoms with E-state index in [-0.39, 0.29) is 5.56 Å². The van der Waals surface area contributed by atoms with Crippen LogP contribution in [0.15, 0.2) is 23.4 Å². The van der Waals surface area contributed by atoms with Gasteiger partial charge in [-0.1, -0.05) is 11.2 Å². The molecule has 7 heteroatoms. The van der Waals surface area contributed by atoms with Gasteiger partial charge in [0, 0.05) is 0 Å². The monoisotopic (exact) mass is 247 g/mol. The third-order valence-corrected chi connectivity index (χ3v) is 1.96. The Hall–Kier alpha value is -2.05. The Morgan fingerprint density at radius 1 is 1.47 bits per heavy atom. The molecule has 0 saturated heterocycles. The van der Waals surface area contributed by atoms with E-state index in [9.17, 15) is 18.0 Å². The van der Waals surface area contributed by atoms with E-state index >= 15 is 0 Å². The highest BCUT2D eigenvalue weighted by Crippen LogP contribution is 2.32. The molecule has 0 fully saturated rings. The van der Waals surface area contributed by atoms with Crippen molar-refractivity contribution in [2.75, 3.05) is 7.11 Å². The maximum Gasteiger partial charge on any atom is 0.417 e. The highest BCUT2D eigenvalue weighted by molar-refractivity contribution is 5.92. The summed E-state index contributed by atoms with van der Waals surface area (Å²) >= 11 is 0. The highest BCUT2D eigenvalue weighted by Gasteiger charge is 2.35. The van der Waals surface area contributed by atoms with Crippen molar-refractivity contribution < 1.29 is 27.9 Å². The summed E-state index contributed by atoms with van der Waals surface area (Å²) in [6.45, 7) is 0. The Bertz CT molecular complexity index is 455. The van der Waals surface area contributed by atoms with Crippen molar-refractivity contribution in [1.82, 2.24) is 0 Å². The molecule has 1 aromatic carbocycles. The average Bonchev–Trinajstić information content (AvgIpc) is 2.27. The van der Waals surface area contributed by atoms with Crippen LogP contribution in [0.25, 0.3) is 0 Å². The van der Waals surface area contributed by atoms with Gasteiger partial charge in [-0.05, 0) is 17.7 Å². The fourth-order valence-electron chi connectivity index (χ4n) is 1.23.